The molecule has 21 heavy (non-hydrogen) atoms. The van der Waals surface area contributed by atoms with E-state index < -0.39 is 16.7 Å². The van der Waals surface area contributed by atoms with Crippen molar-refractivity contribution in [1.82, 2.24) is 0 Å². The molecule has 0 saturated carbocycles. The van der Waals surface area contributed by atoms with E-state index in [1.54, 1.807) is 30.3 Å². The topological polar surface area (TPSA) is 86.2 Å². The van der Waals surface area contributed by atoms with Gasteiger partial charge in [-0.15, -0.1) is 0 Å². The molecule has 110 valence electrons. The van der Waals surface area contributed by atoms with Crippen LogP contribution in [0.4, 0.5) is 5.69 Å². The Bertz CT molecular complexity index is 735. The van der Waals surface area contributed by atoms with Gasteiger partial charge in [-0.05, 0) is 35.9 Å². The normalized spacial score (nSPS) is 12.1. The lowest BCUT2D eigenvalue weighted by atomic mass is 10.1. The molecule has 1 unspecified atom stereocenters. The third kappa shape index (κ3) is 3.75. The summed E-state index contributed by atoms with van der Waals surface area (Å²) in [5, 5.41) is 0.794. The van der Waals surface area contributed by atoms with Crippen molar-refractivity contribution in [2.45, 2.75) is 10.6 Å². The monoisotopic (exact) mass is 342 g/mol. The van der Waals surface area contributed by atoms with E-state index in [0.717, 1.165) is 0 Å². The van der Waals surface area contributed by atoms with Gasteiger partial charge in [-0.3, -0.25) is 9.00 Å². The van der Waals surface area contributed by atoms with Crippen LogP contribution in [0.1, 0.15) is 15.9 Å². The molecule has 0 aliphatic carbocycles. The van der Waals surface area contributed by atoms with Crippen LogP contribution in [-0.2, 0) is 16.6 Å². The van der Waals surface area contributed by atoms with Crippen LogP contribution in [0.25, 0.3) is 0 Å². The number of halogens is 2. The smallest absolute Gasteiger partial charge is 0.248 e. The van der Waals surface area contributed by atoms with Crippen LogP contribution in [0.15, 0.2) is 41.3 Å². The molecular weight excluding hydrogens is 331 g/mol. The summed E-state index contributed by atoms with van der Waals surface area (Å²) >= 11 is 12.0. The molecule has 0 aliphatic rings. The molecule has 0 aromatic heterocycles. The average Bonchev–Trinajstić information content (AvgIpc) is 2.43. The van der Waals surface area contributed by atoms with Gasteiger partial charge in [0.1, 0.15) is 0 Å². The average molecular weight is 343 g/mol. The number of anilines is 1. The highest BCUT2D eigenvalue weighted by Gasteiger charge is 2.13. The minimum Gasteiger partial charge on any atom is -0.398 e. The maximum Gasteiger partial charge on any atom is 0.248 e. The van der Waals surface area contributed by atoms with Gasteiger partial charge in [-0.1, -0.05) is 29.3 Å². The van der Waals surface area contributed by atoms with Crippen molar-refractivity contribution in [2.75, 3.05) is 5.73 Å². The first kappa shape index (κ1) is 15.8. The fourth-order valence-electron chi connectivity index (χ4n) is 1.74. The Hall–Kier alpha value is -1.56. The second-order valence-corrected chi connectivity index (χ2v) is 6.61. The zero-order valence-electron chi connectivity index (χ0n) is 10.8. The second kappa shape index (κ2) is 6.47. The third-order valence-electron chi connectivity index (χ3n) is 2.85. The number of carbonyl (C=O) groups is 1. The number of amides is 1. The first-order valence-electron chi connectivity index (χ1n) is 5.90. The molecule has 4 N–H and O–H groups in total. The molecule has 0 fully saturated rings. The number of nitrogen functional groups attached to an aromatic ring is 1. The molecule has 2 rings (SSSR count). The van der Waals surface area contributed by atoms with Gasteiger partial charge in [0.05, 0.1) is 21.4 Å². The van der Waals surface area contributed by atoms with Gasteiger partial charge in [0.2, 0.25) is 5.91 Å². The van der Waals surface area contributed by atoms with E-state index in [1.807, 2.05) is 0 Å². The Kier molecular flexibility index (Phi) is 4.88. The summed E-state index contributed by atoms with van der Waals surface area (Å²) < 4.78 is 12.4. The van der Waals surface area contributed by atoms with Crippen molar-refractivity contribution in [2.24, 2.45) is 5.73 Å². The van der Waals surface area contributed by atoms with Crippen LogP contribution in [0.3, 0.4) is 0 Å². The maximum atomic E-state index is 12.4. The number of nitrogens with two attached hydrogens (primary N) is 2. The molecule has 0 heterocycles. The van der Waals surface area contributed by atoms with E-state index >= 15 is 0 Å². The summed E-state index contributed by atoms with van der Waals surface area (Å²) in [6.45, 7) is 0. The highest BCUT2D eigenvalue weighted by Crippen LogP contribution is 2.26. The fraction of sp³-hybridized carbons (Fsp3) is 0.0714. The van der Waals surface area contributed by atoms with Gasteiger partial charge in [0.15, 0.2) is 0 Å². The predicted molar refractivity (Wildman–Crippen MR) is 85.9 cm³/mol. The molecule has 0 aliphatic heterocycles. The molecule has 2 aromatic carbocycles. The number of primary amides is 1. The van der Waals surface area contributed by atoms with Crippen molar-refractivity contribution in [1.29, 1.82) is 0 Å². The summed E-state index contributed by atoms with van der Waals surface area (Å²) in [6.07, 6.45) is 0. The van der Waals surface area contributed by atoms with E-state index in [9.17, 15) is 9.00 Å². The van der Waals surface area contributed by atoms with Gasteiger partial charge >= 0.3 is 0 Å². The van der Waals surface area contributed by atoms with Crippen LogP contribution >= 0.6 is 23.2 Å². The van der Waals surface area contributed by atoms with Crippen LogP contribution in [0, 0.1) is 0 Å². The molecule has 4 nitrogen and oxygen atoms in total. The Morgan fingerprint density at radius 3 is 2.48 bits per heavy atom. The van der Waals surface area contributed by atoms with Gasteiger partial charge < -0.3 is 11.5 Å². The van der Waals surface area contributed by atoms with Crippen LogP contribution in [-0.4, -0.2) is 10.1 Å². The fourth-order valence-corrected chi connectivity index (χ4v) is 3.58. The van der Waals surface area contributed by atoms with E-state index in [-0.39, 0.29) is 5.75 Å². The van der Waals surface area contributed by atoms with Crippen molar-refractivity contribution in [3.63, 3.8) is 0 Å². The predicted octanol–water partition coefficient (Wildman–Crippen LogP) is 2.98. The van der Waals surface area contributed by atoms with Crippen molar-refractivity contribution >= 4 is 45.6 Å². The molecule has 1 atom stereocenters. The SMILES string of the molecule is NC(=O)c1ccc(CS(=O)c2cc(Cl)ccc2N)c(Cl)c1. The third-order valence-corrected chi connectivity index (χ3v) is 4.85. The van der Waals surface area contributed by atoms with Gasteiger partial charge in [-0.25, -0.2) is 0 Å². The van der Waals surface area contributed by atoms with Gasteiger partial charge in [-0.2, -0.15) is 0 Å². The van der Waals surface area contributed by atoms with Crippen LogP contribution in [0.5, 0.6) is 0 Å². The van der Waals surface area contributed by atoms with Crippen LogP contribution in [0.2, 0.25) is 10.0 Å². The summed E-state index contributed by atoms with van der Waals surface area (Å²) in [6, 6.07) is 9.43. The Morgan fingerprint density at radius 2 is 1.86 bits per heavy atom. The molecule has 0 radical (unpaired) electrons. The lowest BCUT2D eigenvalue weighted by Crippen LogP contribution is -2.11. The zero-order valence-corrected chi connectivity index (χ0v) is 13.1. The molecule has 0 saturated heterocycles. The van der Waals surface area contributed by atoms with E-state index in [2.05, 4.69) is 0 Å². The van der Waals surface area contributed by atoms with Crippen molar-refractivity contribution in [3.05, 3.63) is 57.6 Å². The van der Waals surface area contributed by atoms with Gasteiger partial charge in [0.25, 0.3) is 0 Å². The number of benzene rings is 2. The number of hydrogen-bond acceptors (Lipinski definition) is 3. The Morgan fingerprint density at radius 1 is 1.14 bits per heavy atom. The quantitative estimate of drug-likeness (QED) is 0.837. The Labute approximate surface area is 134 Å². The molecule has 2 aromatic rings. The van der Waals surface area contributed by atoms with E-state index in [0.29, 0.717) is 31.8 Å². The number of carbonyl (C=O) groups excluding carboxylic acids is 1. The molecule has 1 amide bonds. The minimum absolute atomic E-state index is 0.169. The molecule has 7 heteroatoms. The highest BCUT2D eigenvalue weighted by atomic mass is 35.5. The first-order chi connectivity index (χ1) is 9.88. The van der Waals surface area contributed by atoms with Crippen LogP contribution < -0.4 is 11.5 Å². The molecule has 0 spiro atoms. The summed E-state index contributed by atoms with van der Waals surface area (Å²) in [5.74, 6) is -0.397. The molecule has 0 bridgehead atoms. The largest absolute Gasteiger partial charge is 0.398 e. The zero-order chi connectivity index (χ0) is 15.6. The molecular formula is C14H12Cl2N2O2S. The van der Waals surface area contributed by atoms with Crippen molar-refractivity contribution in [3.8, 4) is 0 Å². The van der Waals surface area contributed by atoms with E-state index in [1.165, 1.54) is 6.07 Å². The standard InChI is InChI=1S/C14H12Cl2N2O2S/c15-10-3-4-12(17)13(6-10)21(20)7-9-2-1-8(14(18)19)5-11(9)16/h1-6H,7,17H2,(H2,18,19). The van der Waals surface area contributed by atoms with E-state index in [4.69, 9.17) is 34.7 Å². The lowest BCUT2D eigenvalue weighted by molar-refractivity contribution is 0.100. The van der Waals surface area contributed by atoms with Crippen molar-refractivity contribution < 1.29 is 9.00 Å². The summed E-state index contributed by atoms with van der Waals surface area (Å²) in [4.78, 5) is 11.5. The maximum absolute atomic E-state index is 12.4. The van der Waals surface area contributed by atoms with Gasteiger partial charge in [0, 0.05) is 21.3 Å². The number of rotatable bonds is 4. The number of hydrogen-bond donors (Lipinski definition) is 2. The highest BCUT2D eigenvalue weighted by molar-refractivity contribution is 7.84. The second-order valence-electron chi connectivity index (χ2n) is 4.34. The first-order valence-corrected chi connectivity index (χ1v) is 7.97. The lowest BCUT2D eigenvalue weighted by Gasteiger charge is -2.08. The minimum atomic E-state index is -1.39. The summed E-state index contributed by atoms with van der Waals surface area (Å²) in [7, 11) is -1.39. The Balaban J connectivity index is 2.27. The summed E-state index contributed by atoms with van der Waals surface area (Å²) in [5.41, 5.74) is 12.3.